The minimum absolute atomic E-state index is 0.316. The van der Waals surface area contributed by atoms with Gasteiger partial charge in [-0.05, 0) is 44.2 Å². The molecule has 0 saturated carbocycles. The van der Waals surface area contributed by atoms with Crippen molar-refractivity contribution in [1.29, 1.82) is 0 Å². The fourth-order valence-corrected chi connectivity index (χ4v) is 2.04. The molecule has 0 spiro atoms. The van der Waals surface area contributed by atoms with Gasteiger partial charge in [0, 0.05) is 5.54 Å². The fourth-order valence-electron chi connectivity index (χ4n) is 2.04. The number of hydrogen-bond acceptors (Lipinski definition) is 1. The maximum absolute atomic E-state index is 3.70. The molecule has 0 aliphatic rings. The van der Waals surface area contributed by atoms with Crippen LogP contribution in [0.2, 0.25) is 0 Å². The van der Waals surface area contributed by atoms with Crippen LogP contribution >= 0.6 is 0 Å². The maximum atomic E-state index is 3.70. The minimum Gasteiger partial charge on any atom is -0.312 e. The summed E-state index contributed by atoms with van der Waals surface area (Å²) in [4.78, 5) is 0. The molecule has 1 rings (SSSR count). The van der Waals surface area contributed by atoms with Crippen LogP contribution in [0.5, 0.6) is 0 Å². The van der Waals surface area contributed by atoms with Gasteiger partial charge in [-0.25, -0.2) is 0 Å². The second-order valence-electron chi connectivity index (χ2n) is 5.29. The molecule has 0 heterocycles. The monoisotopic (exact) mass is 233 g/mol. The van der Waals surface area contributed by atoms with Crippen LogP contribution < -0.4 is 5.32 Å². The van der Waals surface area contributed by atoms with E-state index in [2.05, 4.69) is 63.3 Å². The molecule has 1 atom stereocenters. The van der Waals surface area contributed by atoms with Crippen molar-refractivity contribution in [3.05, 3.63) is 35.9 Å². The van der Waals surface area contributed by atoms with Crippen molar-refractivity contribution in [2.24, 2.45) is 0 Å². The van der Waals surface area contributed by atoms with E-state index < -0.39 is 0 Å². The van der Waals surface area contributed by atoms with Crippen molar-refractivity contribution in [1.82, 2.24) is 5.32 Å². The van der Waals surface area contributed by atoms with Gasteiger partial charge in [0.05, 0.1) is 0 Å². The van der Waals surface area contributed by atoms with E-state index in [0.717, 1.165) is 6.54 Å². The highest BCUT2D eigenvalue weighted by Gasteiger charge is 2.18. The number of benzene rings is 1. The average molecular weight is 233 g/mol. The molecule has 0 aliphatic heterocycles. The van der Waals surface area contributed by atoms with Gasteiger partial charge in [0.2, 0.25) is 0 Å². The summed E-state index contributed by atoms with van der Waals surface area (Å²) in [6.07, 6.45) is 3.60. The van der Waals surface area contributed by atoms with Crippen LogP contribution in [0.25, 0.3) is 0 Å². The predicted molar refractivity (Wildman–Crippen MR) is 76.5 cm³/mol. The molecule has 0 amide bonds. The molecular weight excluding hydrogens is 206 g/mol. The number of nitrogens with one attached hydrogen (secondary N) is 1. The molecule has 1 heteroatoms. The largest absolute Gasteiger partial charge is 0.312 e. The van der Waals surface area contributed by atoms with Gasteiger partial charge < -0.3 is 5.32 Å². The number of hydrogen-bond donors (Lipinski definition) is 1. The topological polar surface area (TPSA) is 12.0 Å². The smallest absolute Gasteiger partial charge is 0.0148 e. The Kier molecular flexibility index (Phi) is 5.70. The molecule has 1 N–H and O–H groups in total. The third-order valence-electron chi connectivity index (χ3n) is 4.06. The second-order valence-corrected chi connectivity index (χ2v) is 5.29. The van der Waals surface area contributed by atoms with Crippen molar-refractivity contribution < 1.29 is 0 Å². The summed E-state index contributed by atoms with van der Waals surface area (Å²) in [6, 6.07) is 10.8. The third-order valence-corrected chi connectivity index (χ3v) is 4.06. The van der Waals surface area contributed by atoms with Crippen molar-refractivity contribution in [3.63, 3.8) is 0 Å². The second kappa shape index (κ2) is 6.80. The van der Waals surface area contributed by atoms with Crippen molar-refractivity contribution >= 4 is 0 Å². The highest BCUT2D eigenvalue weighted by Crippen LogP contribution is 2.19. The van der Waals surface area contributed by atoms with E-state index in [9.17, 15) is 0 Å². The predicted octanol–water partition coefficient (Wildman–Crippen LogP) is 4.35. The quantitative estimate of drug-likeness (QED) is 0.738. The summed E-state index contributed by atoms with van der Waals surface area (Å²) in [5, 5.41) is 3.70. The van der Waals surface area contributed by atoms with Crippen LogP contribution in [0, 0.1) is 0 Å². The summed E-state index contributed by atoms with van der Waals surface area (Å²) in [5.41, 5.74) is 1.76. The Hall–Kier alpha value is -0.820. The Morgan fingerprint density at radius 1 is 1.12 bits per heavy atom. The van der Waals surface area contributed by atoms with E-state index in [4.69, 9.17) is 0 Å². The van der Waals surface area contributed by atoms with Crippen LogP contribution in [0.4, 0.5) is 0 Å². The van der Waals surface area contributed by atoms with E-state index in [1.807, 2.05) is 0 Å². The summed E-state index contributed by atoms with van der Waals surface area (Å²) < 4.78 is 0. The molecule has 0 aromatic heterocycles. The Morgan fingerprint density at radius 2 is 1.71 bits per heavy atom. The molecule has 1 unspecified atom stereocenters. The van der Waals surface area contributed by atoms with Crippen LogP contribution in [-0.2, 0) is 0 Å². The summed E-state index contributed by atoms with van der Waals surface area (Å²) in [7, 11) is 0. The number of rotatable bonds is 7. The first-order valence-corrected chi connectivity index (χ1v) is 6.91. The highest BCUT2D eigenvalue weighted by molar-refractivity contribution is 5.18. The first-order valence-electron chi connectivity index (χ1n) is 6.91. The van der Waals surface area contributed by atoms with Crippen LogP contribution in [-0.4, -0.2) is 12.1 Å². The fraction of sp³-hybridized carbons (Fsp3) is 0.625. The third kappa shape index (κ3) is 4.51. The molecule has 0 fully saturated rings. The van der Waals surface area contributed by atoms with Crippen LogP contribution in [0.1, 0.15) is 58.4 Å². The van der Waals surface area contributed by atoms with Gasteiger partial charge in [0.15, 0.2) is 0 Å². The lowest BCUT2D eigenvalue weighted by molar-refractivity contribution is 0.326. The van der Waals surface area contributed by atoms with Gasteiger partial charge in [-0.1, -0.05) is 51.1 Å². The molecule has 1 nitrogen and oxygen atoms in total. The molecule has 17 heavy (non-hydrogen) atoms. The maximum Gasteiger partial charge on any atom is 0.0148 e. The van der Waals surface area contributed by atoms with Crippen molar-refractivity contribution in [3.8, 4) is 0 Å². The van der Waals surface area contributed by atoms with Gasteiger partial charge in [-0.3, -0.25) is 0 Å². The molecular formula is C16H27N. The first kappa shape index (κ1) is 14.2. The SMILES string of the molecule is CCC(C)(CC)NCCC(C)c1ccccc1. The highest BCUT2D eigenvalue weighted by atomic mass is 15.0. The van der Waals surface area contributed by atoms with Crippen molar-refractivity contribution in [2.45, 2.75) is 58.4 Å². The standard InChI is InChI=1S/C16H27N/c1-5-16(4,6-2)17-13-12-14(3)15-10-8-7-9-11-15/h7-11,14,17H,5-6,12-13H2,1-4H3. The van der Waals surface area contributed by atoms with E-state index >= 15 is 0 Å². The Labute approximate surface area is 107 Å². The minimum atomic E-state index is 0.316. The molecule has 1 aromatic carbocycles. The Bertz CT molecular complexity index is 301. The van der Waals surface area contributed by atoms with E-state index in [0.29, 0.717) is 11.5 Å². The van der Waals surface area contributed by atoms with Gasteiger partial charge in [-0.2, -0.15) is 0 Å². The van der Waals surface area contributed by atoms with Gasteiger partial charge in [-0.15, -0.1) is 0 Å². The van der Waals surface area contributed by atoms with E-state index in [1.165, 1.54) is 24.8 Å². The van der Waals surface area contributed by atoms with Crippen LogP contribution in [0.15, 0.2) is 30.3 Å². The van der Waals surface area contributed by atoms with Gasteiger partial charge in [0.1, 0.15) is 0 Å². The van der Waals surface area contributed by atoms with E-state index in [1.54, 1.807) is 0 Å². The zero-order valence-corrected chi connectivity index (χ0v) is 11.8. The molecule has 0 radical (unpaired) electrons. The normalized spacial score (nSPS) is 13.6. The molecule has 0 bridgehead atoms. The van der Waals surface area contributed by atoms with Gasteiger partial charge in [0.25, 0.3) is 0 Å². The summed E-state index contributed by atoms with van der Waals surface area (Å²) >= 11 is 0. The van der Waals surface area contributed by atoms with E-state index in [-0.39, 0.29) is 0 Å². The lowest BCUT2D eigenvalue weighted by Crippen LogP contribution is -2.41. The lowest BCUT2D eigenvalue weighted by atomic mass is 9.93. The first-order chi connectivity index (χ1) is 8.11. The lowest BCUT2D eigenvalue weighted by Gasteiger charge is -2.29. The summed E-state index contributed by atoms with van der Waals surface area (Å²) in [5.74, 6) is 0.640. The van der Waals surface area contributed by atoms with Crippen molar-refractivity contribution in [2.75, 3.05) is 6.54 Å². The summed E-state index contributed by atoms with van der Waals surface area (Å²) in [6.45, 7) is 10.3. The van der Waals surface area contributed by atoms with Gasteiger partial charge >= 0.3 is 0 Å². The Morgan fingerprint density at radius 3 is 2.24 bits per heavy atom. The average Bonchev–Trinajstić information content (AvgIpc) is 2.39. The van der Waals surface area contributed by atoms with Crippen LogP contribution in [0.3, 0.4) is 0 Å². The molecule has 0 aliphatic carbocycles. The molecule has 1 aromatic rings. The zero-order valence-electron chi connectivity index (χ0n) is 11.8. The zero-order chi connectivity index (χ0) is 12.7. The Balaban J connectivity index is 2.37. The molecule has 96 valence electrons. The molecule has 0 saturated heterocycles.